The van der Waals surface area contributed by atoms with Crippen molar-refractivity contribution in [3.8, 4) is 0 Å². The minimum absolute atomic E-state index is 0.130. The summed E-state index contributed by atoms with van der Waals surface area (Å²) < 4.78 is 21.8. The molecule has 3 heterocycles. The van der Waals surface area contributed by atoms with Crippen molar-refractivity contribution in [2.45, 2.75) is 76.4 Å². The Morgan fingerprint density at radius 2 is 2.00 bits per heavy atom. The lowest BCUT2D eigenvalue weighted by atomic mass is 9.89. The van der Waals surface area contributed by atoms with Gasteiger partial charge < -0.3 is 25.0 Å². The maximum absolute atomic E-state index is 13.4. The van der Waals surface area contributed by atoms with Crippen molar-refractivity contribution >= 4 is 35.0 Å². The molecule has 39 heavy (non-hydrogen) atoms. The molecule has 0 radical (unpaired) electrons. The smallest absolute Gasteiger partial charge is 0.415 e. The Labute approximate surface area is 223 Å². The van der Waals surface area contributed by atoms with E-state index in [2.05, 4.69) is 20.7 Å². The average Bonchev–Trinajstić information content (AvgIpc) is 3.28. The number of rotatable bonds is 6. The van der Waals surface area contributed by atoms with E-state index in [9.17, 15) is 23.9 Å². The SMILES string of the molecule is CN(C(=O)OC(C)(C)C)c1cc(Nc2cccn(C3CC(F)C3)c2=O)nc2c(C(=O)N[C@H]3CC[C@H]3O)cnn12. The standard InChI is InChI=1S/C26H32FN7O5/c1-26(2,3)39-25(38)32(4)21-12-20(29-18-6-5-9-33(24(18)37)15-10-14(27)11-15)31-22-16(13-28-34(21)22)23(36)30-17-7-8-19(17)35/h5-6,9,12-15,17,19,35H,7-8,10-11H2,1-4H3,(H,29,31)(H,30,36)/t14?,15?,17-,19+/m0/s1. The topological polar surface area (TPSA) is 143 Å². The first-order chi connectivity index (χ1) is 18.4. The molecule has 208 valence electrons. The fourth-order valence-electron chi connectivity index (χ4n) is 4.51. The van der Waals surface area contributed by atoms with Crippen LogP contribution in [0, 0.1) is 0 Å². The molecular formula is C26H32FN7O5. The van der Waals surface area contributed by atoms with Gasteiger partial charge in [0.1, 0.15) is 34.7 Å². The number of amides is 2. The lowest BCUT2D eigenvalue weighted by Crippen LogP contribution is -2.50. The van der Waals surface area contributed by atoms with E-state index in [1.165, 1.54) is 33.3 Å². The molecule has 2 atom stereocenters. The molecule has 0 unspecified atom stereocenters. The van der Waals surface area contributed by atoms with E-state index in [-0.39, 0.29) is 59.0 Å². The van der Waals surface area contributed by atoms with Gasteiger partial charge in [-0.1, -0.05) is 0 Å². The summed E-state index contributed by atoms with van der Waals surface area (Å²) in [7, 11) is 1.50. The monoisotopic (exact) mass is 541 g/mol. The highest BCUT2D eigenvalue weighted by molar-refractivity contribution is 6.00. The second-order valence-electron chi connectivity index (χ2n) is 11.0. The first-order valence-electron chi connectivity index (χ1n) is 12.9. The molecule has 3 aromatic rings. The fourth-order valence-corrected chi connectivity index (χ4v) is 4.51. The number of alkyl halides is 1. The van der Waals surface area contributed by atoms with Crippen LogP contribution in [0.1, 0.15) is 62.9 Å². The number of hydrogen-bond acceptors (Lipinski definition) is 8. The Morgan fingerprint density at radius 1 is 1.26 bits per heavy atom. The highest BCUT2D eigenvalue weighted by Crippen LogP contribution is 2.34. The Kier molecular flexibility index (Phi) is 6.79. The summed E-state index contributed by atoms with van der Waals surface area (Å²) in [4.78, 5) is 44.9. The highest BCUT2D eigenvalue weighted by Gasteiger charge is 2.33. The van der Waals surface area contributed by atoms with Gasteiger partial charge in [0.2, 0.25) is 0 Å². The zero-order valence-corrected chi connectivity index (χ0v) is 22.2. The molecule has 0 aliphatic heterocycles. The molecule has 2 amide bonds. The number of nitrogens with zero attached hydrogens (tertiary/aromatic N) is 5. The van der Waals surface area contributed by atoms with Gasteiger partial charge in [0.15, 0.2) is 5.65 Å². The number of ether oxygens (including phenoxy) is 1. The van der Waals surface area contributed by atoms with Crippen LogP contribution in [0.25, 0.3) is 5.65 Å². The highest BCUT2D eigenvalue weighted by atomic mass is 19.1. The summed E-state index contributed by atoms with van der Waals surface area (Å²) in [5, 5.41) is 20.0. The second-order valence-corrected chi connectivity index (χ2v) is 11.0. The van der Waals surface area contributed by atoms with Crippen LogP contribution in [0.15, 0.2) is 35.4 Å². The van der Waals surface area contributed by atoms with Gasteiger partial charge in [0.05, 0.1) is 18.3 Å². The largest absolute Gasteiger partial charge is 0.443 e. The Hall–Kier alpha value is -4.00. The van der Waals surface area contributed by atoms with E-state index in [4.69, 9.17) is 4.74 Å². The Balaban J connectivity index is 1.53. The molecule has 0 aromatic carbocycles. The molecule has 2 aliphatic carbocycles. The van der Waals surface area contributed by atoms with Crippen molar-refractivity contribution in [2.75, 3.05) is 17.3 Å². The first kappa shape index (κ1) is 26.6. The van der Waals surface area contributed by atoms with E-state index in [0.717, 1.165) is 0 Å². The van der Waals surface area contributed by atoms with E-state index < -0.39 is 29.9 Å². The number of halogens is 1. The molecule has 13 heteroatoms. The summed E-state index contributed by atoms with van der Waals surface area (Å²) in [6.07, 6.45) is 2.59. The van der Waals surface area contributed by atoms with Crippen LogP contribution in [0.5, 0.6) is 0 Å². The van der Waals surface area contributed by atoms with E-state index in [1.807, 2.05) is 0 Å². The summed E-state index contributed by atoms with van der Waals surface area (Å²) in [5.41, 5.74) is -0.640. The summed E-state index contributed by atoms with van der Waals surface area (Å²) >= 11 is 0. The third-order valence-electron chi connectivity index (χ3n) is 6.95. The first-order valence-corrected chi connectivity index (χ1v) is 12.9. The summed E-state index contributed by atoms with van der Waals surface area (Å²) in [6, 6.07) is 4.19. The van der Waals surface area contributed by atoms with Gasteiger partial charge in [-0.2, -0.15) is 9.61 Å². The molecule has 2 aliphatic rings. The lowest BCUT2D eigenvalue weighted by molar-refractivity contribution is 0.0448. The van der Waals surface area contributed by atoms with Crippen LogP contribution in [0.3, 0.4) is 0 Å². The number of pyridine rings is 1. The molecular weight excluding hydrogens is 509 g/mol. The maximum atomic E-state index is 13.4. The minimum Gasteiger partial charge on any atom is -0.443 e. The van der Waals surface area contributed by atoms with Crippen LogP contribution in [-0.4, -0.2) is 67.2 Å². The van der Waals surface area contributed by atoms with Gasteiger partial charge in [0, 0.05) is 25.4 Å². The van der Waals surface area contributed by atoms with Crippen LogP contribution < -0.4 is 21.1 Å². The van der Waals surface area contributed by atoms with Crippen molar-refractivity contribution in [2.24, 2.45) is 0 Å². The van der Waals surface area contributed by atoms with Crippen molar-refractivity contribution < 1.29 is 23.8 Å². The van der Waals surface area contributed by atoms with Gasteiger partial charge in [-0.05, 0) is 58.6 Å². The molecule has 2 fully saturated rings. The Morgan fingerprint density at radius 3 is 2.62 bits per heavy atom. The molecule has 3 N–H and O–H groups in total. The quantitative estimate of drug-likeness (QED) is 0.432. The number of nitrogens with one attached hydrogen (secondary N) is 2. The van der Waals surface area contributed by atoms with Gasteiger partial charge >= 0.3 is 6.09 Å². The molecule has 0 bridgehead atoms. The lowest BCUT2D eigenvalue weighted by Gasteiger charge is -2.32. The predicted molar refractivity (Wildman–Crippen MR) is 141 cm³/mol. The summed E-state index contributed by atoms with van der Waals surface area (Å²) in [5.74, 6) is -0.0648. The Bertz CT molecular complexity index is 1470. The van der Waals surface area contributed by atoms with Crippen molar-refractivity contribution in [1.29, 1.82) is 0 Å². The minimum atomic E-state index is -0.916. The van der Waals surface area contributed by atoms with E-state index in [0.29, 0.717) is 12.8 Å². The molecule has 12 nitrogen and oxygen atoms in total. The van der Waals surface area contributed by atoms with Crippen molar-refractivity contribution in [3.05, 3.63) is 46.5 Å². The van der Waals surface area contributed by atoms with Crippen LogP contribution in [0.2, 0.25) is 0 Å². The van der Waals surface area contributed by atoms with Crippen molar-refractivity contribution in [3.63, 3.8) is 0 Å². The van der Waals surface area contributed by atoms with Gasteiger partial charge in [-0.25, -0.2) is 14.2 Å². The maximum Gasteiger partial charge on any atom is 0.415 e. The number of fused-ring (bicyclic) bond motifs is 1. The zero-order chi connectivity index (χ0) is 28.1. The third kappa shape index (κ3) is 5.31. The normalized spacial score (nSPS) is 22.5. The van der Waals surface area contributed by atoms with Crippen molar-refractivity contribution in [1.82, 2.24) is 24.5 Å². The molecule has 2 saturated carbocycles. The predicted octanol–water partition coefficient (Wildman–Crippen LogP) is 2.93. The van der Waals surface area contributed by atoms with Gasteiger partial charge in [-0.15, -0.1) is 0 Å². The van der Waals surface area contributed by atoms with Gasteiger partial charge in [0.25, 0.3) is 11.5 Å². The number of hydrogen-bond donors (Lipinski definition) is 3. The third-order valence-corrected chi connectivity index (χ3v) is 6.95. The number of anilines is 3. The average molecular weight is 542 g/mol. The molecule has 0 spiro atoms. The summed E-state index contributed by atoms with van der Waals surface area (Å²) in [6.45, 7) is 5.23. The molecule has 5 rings (SSSR count). The zero-order valence-electron chi connectivity index (χ0n) is 22.2. The number of aliphatic hydroxyl groups is 1. The number of aromatic nitrogens is 4. The molecule has 0 saturated heterocycles. The second kappa shape index (κ2) is 9.95. The molecule has 3 aromatic heterocycles. The van der Waals surface area contributed by atoms with Gasteiger partial charge in [-0.3, -0.25) is 14.5 Å². The van der Waals surface area contributed by atoms with Crippen LogP contribution in [-0.2, 0) is 4.74 Å². The van der Waals surface area contributed by atoms with Crippen LogP contribution in [0.4, 0.5) is 26.5 Å². The van der Waals surface area contributed by atoms with E-state index in [1.54, 1.807) is 39.1 Å². The fraction of sp³-hybridized carbons (Fsp3) is 0.500. The van der Waals surface area contributed by atoms with Crippen LogP contribution >= 0.6 is 0 Å². The number of aliphatic hydroxyl groups excluding tert-OH is 1. The van der Waals surface area contributed by atoms with E-state index >= 15 is 0 Å². The number of carbonyl (C=O) groups is 2. The number of carbonyl (C=O) groups excluding carboxylic acids is 2.